The van der Waals surface area contributed by atoms with E-state index in [9.17, 15) is 4.79 Å². The Morgan fingerprint density at radius 2 is 2.00 bits per heavy atom. The SMILES string of the molecule is CN=C(NCc1ccsc1)NCc1cccc(NC(=O)Cn2cccn2)c1.I. The fourth-order valence-electron chi connectivity index (χ4n) is 2.49. The number of guanidine groups is 1. The number of aliphatic imine (C=N–C) groups is 1. The molecule has 0 unspecified atom stereocenters. The molecule has 148 valence electrons. The number of hydrogen-bond acceptors (Lipinski definition) is 4. The molecule has 0 aliphatic rings. The number of benzene rings is 1. The molecule has 0 saturated heterocycles. The van der Waals surface area contributed by atoms with Crippen LogP contribution in [0, 0.1) is 0 Å². The van der Waals surface area contributed by atoms with Gasteiger partial charge in [0.15, 0.2) is 5.96 Å². The minimum absolute atomic E-state index is 0. The molecule has 0 spiro atoms. The minimum Gasteiger partial charge on any atom is -0.352 e. The molecule has 28 heavy (non-hydrogen) atoms. The standard InChI is InChI=1S/C19H22N6OS.HI/c1-20-19(22-12-16-6-9-27-14-16)21-11-15-4-2-5-17(10-15)24-18(26)13-25-8-3-7-23-25;/h2-10,14H,11-13H2,1H3,(H,24,26)(H2,20,21,22);1H. The van der Waals surface area contributed by atoms with E-state index in [2.05, 4.69) is 42.9 Å². The van der Waals surface area contributed by atoms with Gasteiger partial charge in [-0.2, -0.15) is 16.4 Å². The molecule has 0 aliphatic carbocycles. The van der Waals surface area contributed by atoms with Gasteiger partial charge >= 0.3 is 0 Å². The van der Waals surface area contributed by atoms with Crippen molar-refractivity contribution in [2.24, 2.45) is 4.99 Å². The average molecular weight is 510 g/mol. The predicted molar refractivity (Wildman–Crippen MR) is 124 cm³/mol. The third-order valence-corrected chi connectivity index (χ3v) is 4.53. The summed E-state index contributed by atoms with van der Waals surface area (Å²) in [7, 11) is 1.74. The van der Waals surface area contributed by atoms with Crippen molar-refractivity contribution in [3.8, 4) is 0 Å². The van der Waals surface area contributed by atoms with E-state index in [0.717, 1.165) is 23.8 Å². The van der Waals surface area contributed by atoms with E-state index in [1.807, 2.05) is 24.3 Å². The maximum absolute atomic E-state index is 12.1. The number of anilines is 1. The fourth-order valence-corrected chi connectivity index (χ4v) is 3.15. The summed E-state index contributed by atoms with van der Waals surface area (Å²) in [6.45, 7) is 1.52. The van der Waals surface area contributed by atoms with Crippen LogP contribution in [0.4, 0.5) is 5.69 Å². The summed E-state index contributed by atoms with van der Waals surface area (Å²) in [5.74, 6) is 0.617. The van der Waals surface area contributed by atoms with Crippen molar-refractivity contribution in [1.82, 2.24) is 20.4 Å². The van der Waals surface area contributed by atoms with Crippen LogP contribution in [0.5, 0.6) is 0 Å². The zero-order valence-corrected chi connectivity index (χ0v) is 18.6. The van der Waals surface area contributed by atoms with Crippen LogP contribution < -0.4 is 16.0 Å². The maximum Gasteiger partial charge on any atom is 0.246 e. The second kappa shape index (κ2) is 11.4. The van der Waals surface area contributed by atoms with E-state index in [-0.39, 0.29) is 36.4 Å². The van der Waals surface area contributed by atoms with Gasteiger partial charge in [0.2, 0.25) is 5.91 Å². The first-order valence-corrected chi connectivity index (χ1v) is 9.49. The monoisotopic (exact) mass is 510 g/mol. The molecule has 0 radical (unpaired) electrons. The van der Waals surface area contributed by atoms with Crippen LogP contribution in [-0.4, -0.2) is 28.7 Å². The highest BCUT2D eigenvalue weighted by Gasteiger charge is 2.05. The molecule has 0 bridgehead atoms. The van der Waals surface area contributed by atoms with Gasteiger partial charge in [0.25, 0.3) is 0 Å². The van der Waals surface area contributed by atoms with Crippen molar-refractivity contribution >= 4 is 52.9 Å². The topological polar surface area (TPSA) is 83.3 Å². The number of carbonyl (C=O) groups excluding carboxylic acids is 1. The van der Waals surface area contributed by atoms with E-state index in [0.29, 0.717) is 6.54 Å². The zero-order valence-electron chi connectivity index (χ0n) is 15.5. The quantitative estimate of drug-likeness (QED) is 0.259. The lowest BCUT2D eigenvalue weighted by Crippen LogP contribution is -2.36. The van der Waals surface area contributed by atoms with Crippen molar-refractivity contribution in [3.05, 3.63) is 70.7 Å². The molecule has 2 heterocycles. The molecule has 3 rings (SSSR count). The van der Waals surface area contributed by atoms with Gasteiger partial charge in [0, 0.05) is 38.2 Å². The van der Waals surface area contributed by atoms with E-state index in [4.69, 9.17) is 0 Å². The molecule has 0 atom stereocenters. The number of carbonyl (C=O) groups is 1. The van der Waals surface area contributed by atoms with Gasteiger partial charge in [-0.05, 0) is 46.2 Å². The summed E-state index contributed by atoms with van der Waals surface area (Å²) in [6, 6.07) is 11.6. The Balaban J connectivity index is 0.00000280. The van der Waals surface area contributed by atoms with E-state index in [1.54, 1.807) is 41.5 Å². The Kier molecular flexibility index (Phi) is 8.95. The van der Waals surface area contributed by atoms with Crippen LogP contribution in [-0.2, 0) is 24.4 Å². The number of hydrogen-bond donors (Lipinski definition) is 3. The van der Waals surface area contributed by atoms with Gasteiger partial charge in [-0.25, -0.2) is 0 Å². The number of rotatable bonds is 7. The molecule has 2 aromatic heterocycles. The lowest BCUT2D eigenvalue weighted by molar-refractivity contribution is -0.116. The average Bonchev–Trinajstić information content (AvgIpc) is 3.36. The van der Waals surface area contributed by atoms with E-state index >= 15 is 0 Å². The van der Waals surface area contributed by atoms with Gasteiger partial charge in [-0.15, -0.1) is 24.0 Å². The van der Waals surface area contributed by atoms with Crippen LogP contribution >= 0.6 is 35.3 Å². The van der Waals surface area contributed by atoms with Gasteiger partial charge in [-0.3, -0.25) is 14.5 Å². The second-order valence-electron chi connectivity index (χ2n) is 5.86. The van der Waals surface area contributed by atoms with Gasteiger partial charge in [0.05, 0.1) is 0 Å². The maximum atomic E-state index is 12.1. The highest BCUT2D eigenvalue weighted by molar-refractivity contribution is 14.0. The molecule has 1 aromatic carbocycles. The van der Waals surface area contributed by atoms with E-state index < -0.39 is 0 Å². The predicted octanol–water partition coefficient (Wildman–Crippen LogP) is 3.07. The lowest BCUT2D eigenvalue weighted by atomic mass is 10.2. The van der Waals surface area contributed by atoms with Crippen LogP contribution in [0.25, 0.3) is 0 Å². The van der Waals surface area contributed by atoms with Gasteiger partial charge < -0.3 is 16.0 Å². The first-order valence-electron chi connectivity index (χ1n) is 8.55. The van der Waals surface area contributed by atoms with Crippen molar-refractivity contribution in [1.29, 1.82) is 0 Å². The summed E-state index contributed by atoms with van der Waals surface area (Å²) >= 11 is 1.68. The first-order chi connectivity index (χ1) is 13.2. The summed E-state index contributed by atoms with van der Waals surface area (Å²) in [5.41, 5.74) is 3.03. The van der Waals surface area contributed by atoms with Crippen LogP contribution in [0.3, 0.4) is 0 Å². The number of amides is 1. The van der Waals surface area contributed by atoms with Crippen LogP contribution in [0.15, 0.2) is 64.5 Å². The first kappa shape index (κ1) is 21.9. The number of thiophene rings is 1. The second-order valence-corrected chi connectivity index (χ2v) is 6.64. The molecule has 3 N–H and O–H groups in total. The van der Waals surface area contributed by atoms with Gasteiger partial charge in [-0.1, -0.05) is 12.1 Å². The Hall–Kier alpha value is -2.40. The number of aromatic nitrogens is 2. The van der Waals surface area contributed by atoms with Crippen molar-refractivity contribution < 1.29 is 4.79 Å². The number of nitrogens with zero attached hydrogens (tertiary/aromatic N) is 3. The molecule has 1 amide bonds. The van der Waals surface area contributed by atoms with Crippen LogP contribution in [0.1, 0.15) is 11.1 Å². The molecular weight excluding hydrogens is 487 g/mol. The summed E-state index contributed by atoms with van der Waals surface area (Å²) < 4.78 is 1.59. The molecular formula is C19H23IN6OS. The molecule has 0 aliphatic heterocycles. The summed E-state index contributed by atoms with van der Waals surface area (Å²) in [5, 5.41) is 17.7. The lowest BCUT2D eigenvalue weighted by Gasteiger charge is -2.12. The van der Waals surface area contributed by atoms with Crippen LogP contribution in [0.2, 0.25) is 0 Å². The number of halogens is 1. The molecule has 7 nitrogen and oxygen atoms in total. The third-order valence-electron chi connectivity index (χ3n) is 3.80. The van der Waals surface area contributed by atoms with Crippen molar-refractivity contribution in [2.45, 2.75) is 19.6 Å². The normalized spacial score (nSPS) is 10.8. The summed E-state index contributed by atoms with van der Waals surface area (Å²) in [6.07, 6.45) is 3.41. The smallest absolute Gasteiger partial charge is 0.246 e. The molecule has 0 saturated carbocycles. The van der Waals surface area contributed by atoms with Crippen molar-refractivity contribution in [3.63, 3.8) is 0 Å². The molecule has 9 heteroatoms. The summed E-state index contributed by atoms with van der Waals surface area (Å²) in [4.78, 5) is 16.3. The highest BCUT2D eigenvalue weighted by atomic mass is 127. The Bertz CT molecular complexity index is 880. The zero-order chi connectivity index (χ0) is 18.9. The Morgan fingerprint density at radius 3 is 2.68 bits per heavy atom. The Morgan fingerprint density at radius 1 is 1.18 bits per heavy atom. The fraction of sp³-hybridized carbons (Fsp3) is 0.211. The molecule has 3 aromatic rings. The largest absolute Gasteiger partial charge is 0.352 e. The highest BCUT2D eigenvalue weighted by Crippen LogP contribution is 2.11. The van der Waals surface area contributed by atoms with Gasteiger partial charge in [0.1, 0.15) is 6.54 Å². The third kappa shape index (κ3) is 6.97. The van der Waals surface area contributed by atoms with E-state index in [1.165, 1.54) is 5.56 Å². The number of nitrogens with one attached hydrogen (secondary N) is 3. The minimum atomic E-state index is -0.114. The molecule has 0 fully saturated rings. The Labute approximate surface area is 185 Å². The van der Waals surface area contributed by atoms with Crippen molar-refractivity contribution in [2.75, 3.05) is 12.4 Å².